The SMILES string of the molecule is CCC(N)Cc1ccc(Sc2cccc(Br)c2)cc1. The van der Waals surface area contributed by atoms with Crippen molar-refractivity contribution in [2.75, 3.05) is 0 Å². The van der Waals surface area contributed by atoms with E-state index < -0.39 is 0 Å². The highest BCUT2D eigenvalue weighted by Gasteiger charge is 2.02. The second-order valence-electron chi connectivity index (χ2n) is 4.58. The van der Waals surface area contributed by atoms with Gasteiger partial charge in [-0.15, -0.1) is 0 Å². The van der Waals surface area contributed by atoms with E-state index >= 15 is 0 Å². The first kappa shape index (κ1) is 14.6. The number of benzene rings is 2. The number of nitrogens with two attached hydrogens (primary N) is 1. The molecule has 2 aromatic carbocycles. The van der Waals surface area contributed by atoms with Crippen molar-refractivity contribution in [1.82, 2.24) is 0 Å². The number of halogens is 1. The average molecular weight is 336 g/mol. The molecule has 0 saturated carbocycles. The monoisotopic (exact) mass is 335 g/mol. The molecule has 100 valence electrons. The first-order valence-electron chi connectivity index (χ1n) is 6.45. The van der Waals surface area contributed by atoms with Crippen molar-refractivity contribution in [1.29, 1.82) is 0 Å². The van der Waals surface area contributed by atoms with E-state index in [0.717, 1.165) is 17.3 Å². The number of hydrogen-bond donors (Lipinski definition) is 1. The van der Waals surface area contributed by atoms with E-state index in [4.69, 9.17) is 5.73 Å². The van der Waals surface area contributed by atoms with Crippen LogP contribution in [0.2, 0.25) is 0 Å². The van der Waals surface area contributed by atoms with Gasteiger partial charge < -0.3 is 5.73 Å². The van der Waals surface area contributed by atoms with Gasteiger partial charge in [0.25, 0.3) is 0 Å². The Hall–Kier alpha value is -0.770. The van der Waals surface area contributed by atoms with Crippen molar-refractivity contribution in [3.8, 4) is 0 Å². The molecule has 0 aromatic heterocycles. The minimum atomic E-state index is 0.267. The smallest absolute Gasteiger partial charge is 0.0186 e. The molecular weight excluding hydrogens is 318 g/mol. The van der Waals surface area contributed by atoms with Crippen LogP contribution in [0.15, 0.2) is 62.8 Å². The highest BCUT2D eigenvalue weighted by Crippen LogP contribution is 2.29. The summed E-state index contributed by atoms with van der Waals surface area (Å²) in [6.45, 7) is 2.13. The van der Waals surface area contributed by atoms with Crippen LogP contribution in [0.3, 0.4) is 0 Å². The van der Waals surface area contributed by atoms with Crippen molar-refractivity contribution in [3.05, 3.63) is 58.6 Å². The number of hydrogen-bond acceptors (Lipinski definition) is 2. The molecule has 0 amide bonds. The maximum Gasteiger partial charge on any atom is 0.0186 e. The summed E-state index contributed by atoms with van der Waals surface area (Å²) >= 11 is 5.27. The third-order valence-electron chi connectivity index (χ3n) is 2.98. The van der Waals surface area contributed by atoms with Gasteiger partial charge in [-0.25, -0.2) is 0 Å². The quantitative estimate of drug-likeness (QED) is 0.842. The molecular formula is C16H18BrNS. The van der Waals surface area contributed by atoms with Crippen LogP contribution < -0.4 is 5.73 Å². The molecule has 1 nitrogen and oxygen atoms in total. The highest BCUT2D eigenvalue weighted by molar-refractivity contribution is 9.10. The van der Waals surface area contributed by atoms with E-state index in [1.54, 1.807) is 11.8 Å². The first-order valence-corrected chi connectivity index (χ1v) is 8.06. The summed E-state index contributed by atoms with van der Waals surface area (Å²) in [5.74, 6) is 0. The van der Waals surface area contributed by atoms with Gasteiger partial charge in [-0.3, -0.25) is 0 Å². The van der Waals surface area contributed by atoms with Gasteiger partial charge in [-0.1, -0.05) is 52.8 Å². The molecule has 0 bridgehead atoms. The Balaban J connectivity index is 2.02. The zero-order chi connectivity index (χ0) is 13.7. The van der Waals surface area contributed by atoms with Crippen LogP contribution >= 0.6 is 27.7 Å². The van der Waals surface area contributed by atoms with Crippen molar-refractivity contribution in [3.63, 3.8) is 0 Å². The van der Waals surface area contributed by atoms with Crippen molar-refractivity contribution < 1.29 is 0 Å². The van der Waals surface area contributed by atoms with Gasteiger partial charge in [0.2, 0.25) is 0 Å². The minimum absolute atomic E-state index is 0.267. The summed E-state index contributed by atoms with van der Waals surface area (Å²) in [7, 11) is 0. The van der Waals surface area contributed by atoms with Crippen molar-refractivity contribution in [2.45, 2.75) is 35.6 Å². The second-order valence-corrected chi connectivity index (χ2v) is 6.64. The summed E-state index contributed by atoms with van der Waals surface area (Å²) in [5.41, 5.74) is 7.29. The largest absolute Gasteiger partial charge is 0.327 e. The molecule has 19 heavy (non-hydrogen) atoms. The lowest BCUT2D eigenvalue weighted by Crippen LogP contribution is -2.21. The Bertz CT molecular complexity index is 525. The van der Waals surface area contributed by atoms with E-state index in [2.05, 4.69) is 65.3 Å². The van der Waals surface area contributed by atoms with Crippen LogP contribution in [0.4, 0.5) is 0 Å². The minimum Gasteiger partial charge on any atom is -0.327 e. The topological polar surface area (TPSA) is 26.0 Å². The zero-order valence-corrected chi connectivity index (χ0v) is 13.4. The van der Waals surface area contributed by atoms with Crippen LogP contribution in [0.5, 0.6) is 0 Å². The van der Waals surface area contributed by atoms with Gasteiger partial charge in [0.1, 0.15) is 0 Å². The van der Waals surface area contributed by atoms with E-state index in [9.17, 15) is 0 Å². The number of rotatable bonds is 5. The maximum absolute atomic E-state index is 5.97. The second kappa shape index (κ2) is 7.13. The lowest BCUT2D eigenvalue weighted by atomic mass is 10.1. The van der Waals surface area contributed by atoms with Gasteiger partial charge >= 0.3 is 0 Å². The van der Waals surface area contributed by atoms with Gasteiger partial charge in [0, 0.05) is 20.3 Å². The molecule has 3 heteroatoms. The van der Waals surface area contributed by atoms with Gasteiger partial charge in [0.05, 0.1) is 0 Å². The van der Waals surface area contributed by atoms with Crippen molar-refractivity contribution >= 4 is 27.7 Å². The van der Waals surface area contributed by atoms with Crippen LogP contribution in [-0.4, -0.2) is 6.04 Å². The Morgan fingerprint density at radius 2 is 1.84 bits per heavy atom. The fraction of sp³-hybridized carbons (Fsp3) is 0.250. The molecule has 0 saturated heterocycles. The average Bonchev–Trinajstić information content (AvgIpc) is 2.41. The van der Waals surface area contributed by atoms with Crippen LogP contribution in [-0.2, 0) is 6.42 Å². The van der Waals surface area contributed by atoms with Crippen LogP contribution in [0, 0.1) is 0 Å². The van der Waals surface area contributed by atoms with E-state index in [0.29, 0.717) is 0 Å². The summed E-state index contributed by atoms with van der Waals surface area (Å²) in [6.07, 6.45) is 1.98. The fourth-order valence-electron chi connectivity index (χ4n) is 1.81. The van der Waals surface area contributed by atoms with Gasteiger partial charge in [-0.2, -0.15) is 0 Å². The molecule has 0 aliphatic rings. The zero-order valence-electron chi connectivity index (χ0n) is 11.0. The maximum atomic E-state index is 5.97. The molecule has 1 atom stereocenters. The van der Waals surface area contributed by atoms with E-state index in [-0.39, 0.29) is 6.04 Å². The Kier molecular flexibility index (Phi) is 5.49. The lowest BCUT2D eigenvalue weighted by molar-refractivity contribution is 0.646. The van der Waals surface area contributed by atoms with E-state index in [1.165, 1.54) is 15.4 Å². The summed E-state index contributed by atoms with van der Waals surface area (Å²) in [6, 6.07) is 17.3. The molecule has 0 spiro atoms. The molecule has 0 fully saturated rings. The molecule has 0 heterocycles. The Labute approximate surface area is 127 Å². The summed E-state index contributed by atoms with van der Waals surface area (Å²) in [5, 5.41) is 0. The lowest BCUT2D eigenvalue weighted by Gasteiger charge is -2.09. The highest BCUT2D eigenvalue weighted by atomic mass is 79.9. The standard InChI is InChI=1S/C16H18BrNS/c1-2-14(18)10-12-6-8-15(9-7-12)19-16-5-3-4-13(17)11-16/h3-9,11,14H,2,10,18H2,1H3. The molecule has 0 aliphatic heterocycles. The van der Waals surface area contributed by atoms with Gasteiger partial charge in [0.15, 0.2) is 0 Å². The predicted molar refractivity (Wildman–Crippen MR) is 86.7 cm³/mol. The fourth-order valence-corrected chi connectivity index (χ4v) is 3.23. The molecule has 1 unspecified atom stereocenters. The Morgan fingerprint density at radius 1 is 1.11 bits per heavy atom. The van der Waals surface area contributed by atoms with Crippen LogP contribution in [0.1, 0.15) is 18.9 Å². The van der Waals surface area contributed by atoms with Crippen LogP contribution in [0.25, 0.3) is 0 Å². The summed E-state index contributed by atoms with van der Waals surface area (Å²) < 4.78 is 1.11. The molecule has 0 radical (unpaired) electrons. The molecule has 2 aromatic rings. The normalized spacial score (nSPS) is 12.4. The van der Waals surface area contributed by atoms with Gasteiger partial charge in [-0.05, 0) is 48.7 Å². The summed E-state index contributed by atoms with van der Waals surface area (Å²) in [4.78, 5) is 2.50. The third-order valence-corrected chi connectivity index (χ3v) is 4.47. The molecule has 0 aliphatic carbocycles. The molecule has 2 rings (SSSR count). The predicted octanol–water partition coefficient (Wildman–Crippen LogP) is 4.88. The third kappa shape index (κ3) is 4.68. The van der Waals surface area contributed by atoms with E-state index in [1.807, 2.05) is 6.07 Å². The first-order chi connectivity index (χ1) is 9.17. The Morgan fingerprint density at radius 3 is 2.47 bits per heavy atom. The van der Waals surface area contributed by atoms with Crippen molar-refractivity contribution in [2.24, 2.45) is 5.73 Å². The molecule has 2 N–H and O–H groups in total.